The number of hydrogen-bond donors (Lipinski definition) is 2. The van der Waals surface area contributed by atoms with Crippen molar-refractivity contribution in [1.82, 2.24) is 0 Å². The van der Waals surface area contributed by atoms with Gasteiger partial charge in [-0.15, -0.1) is 0 Å². The monoisotopic (exact) mass is 198 g/mol. The van der Waals surface area contributed by atoms with Crippen molar-refractivity contribution in [3.05, 3.63) is 0 Å². The molecule has 0 fully saturated rings. The Morgan fingerprint density at radius 3 is 2.43 bits per heavy atom. The van der Waals surface area contributed by atoms with Crippen LogP contribution < -0.4 is 0 Å². The lowest BCUT2D eigenvalue weighted by Crippen LogP contribution is -2.21. The highest BCUT2D eigenvalue weighted by atomic mass is 16.3. The fourth-order valence-corrected chi connectivity index (χ4v) is 1.22. The van der Waals surface area contributed by atoms with Gasteiger partial charge in [0.05, 0.1) is 0 Å². The fourth-order valence-electron chi connectivity index (χ4n) is 1.22. The van der Waals surface area contributed by atoms with Crippen molar-refractivity contribution in [2.75, 3.05) is 0 Å². The van der Waals surface area contributed by atoms with Crippen LogP contribution in [0.4, 0.5) is 0 Å². The van der Waals surface area contributed by atoms with Crippen LogP contribution in [0.3, 0.4) is 0 Å². The van der Waals surface area contributed by atoms with E-state index in [0.717, 1.165) is 12.8 Å². The maximum atomic E-state index is 9.78. The molecule has 0 heterocycles. The van der Waals surface area contributed by atoms with Crippen molar-refractivity contribution in [2.45, 2.75) is 64.6 Å². The van der Waals surface area contributed by atoms with Gasteiger partial charge in [0.1, 0.15) is 11.7 Å². The van der Waals surface area contributed by atoms with Crippen molar-refractivity contribution in [3.8, 4) is 11.8 Å². The normalized spacial score (nSPS) is 16.6. The van der Waals surface area contributed by atoms with Gasteiger partial charge in [-0.3, -0.25) is 0 Å². The standard InChI is InChI=1S/C12H22O2/c1-4-5-6-7-9-12(3,14)10-8-11(2)13/h11,13-14H,4-7,9H2,1-3H3. The second-order valence-electron chi connectivity index (χ2n) is 4.03. The van der Waals surface area contributed by atoms with E-state index in [1.807, 2.05) is 0 Å². The molecular formula is C12H22O2. The summed E-state index contributed by atoms with van der Waals surface area (Å²) < 4.78 is 0. The number of aliphatic hydroxyl groups is 2. The molecule has 2 atom stereocenters. The summed E-state index contributed by atoms with van der Waals surface area (Å²) in [7, 11) is 0. The van der Waals surface area contributed by atoms with Crippen molar-refractivity contribution >= 4 is 0 Å². The summed E-state index contributed by atoms with van der Waals surface area (Å²) in [6, 6.07) is 0. The van der Waals surface area contributed by atoms with Gasteiger partial charge >= 0.3 is 0 Å². The number of aliphatic hydroxyl groups excluding tert-OH is 1. The Kier molecular flexibility index (Phi) is 6.61. The first-order valence-electron chi connectivity index (χ1n) is 5.41. The largest absolute Gasteiger partial charge is 0.381 e. The van der Waals surface area contributed by atoms with E-state index in [4.69, 9.17) is 5.11 Å². The van der Waals surface area contributed by atoms with Crippen molar-refractivity contribution in [1.29, 1.82) is 0 Å². The molecule has 2 nitrogen and oxygen atoms in total. The topological polar surface area (TPSA) is 40.5 Å². The molecule has 0 aliphatic rings. The first kappa shape index (κ1) is 13.5. The van der Waals surface area contributed by atoms with Gasteiger partial charge in [0.15, 0.2) is 0 Å². The number of rotatable bonds is 5. The molecule has 2 N–H and O–H groups in total. The van der Waals surface area contributed by atoms with Crippen LogP contribution in [-0.4, -0.2) is 21.9 Å². The third kappa shape index (κ3) is 8.10. The maximum Gasteiger partial charge on any atom is 0.122 e. The second kappa shape index (κ2) is 6.86. The van der Waals surface area contributed by atoms with Crippen LogP contribution in [0.15, 0.2) is 0 Å². The maximum absolute atomic E-state index is 9.78. The van der Waals surface area contributed by atoms with Crippen LogP contribution >= 0.6 is 0 Å². The minimum Gasteiger partial charge on any atom is -0.381 e. The van der Waals surface area contributed by atoms with Gasteiger partial charge in [-0.2, -0.15) is 0 Å². The van der Waals surface area contributed by atoms with Crippen molar-refractivity contribution < 1.29 is 10.2 Å². The lowest BCUT2D eigenvalue weighted by atomic mass is 9.98. The van der Waals surface area contributed by atoms with Crippen molar-refractivity contribution in [2.24, 2.45) is 0 Å². The van der Waals surface area contributed by atoms with Crippen molar-refractivity contribution in [3.63, 3.8) is 0 Å². The smallest absolute Gasteiger partial charge is 0.122 e. The molecule has 0 radical (unpaired) electrons. The molecule has 0 aromatic carbocycles. The highest BCUT2D eigenvalue weighted by molar-refractivity contribution is 5.13. The zero-order chi connectivity index (χ0) is 11.0. The number of hydrogen-bond acceptors (Lipinski definition) is 2. The predicted molar refractivity (Wildman–Crippen MR) is 58.8 cm³/mol. The minimum absolute atomic E-state index is 0.655. The summed E-state index contributed by atoms with van der Waals surface area (Å²) in [6.07, 6.45) is 4.57. The fraction of sp³-hybridized carbons (Fsp3) is 0.833. The molecule has 0 saturated carbocycles. The first-order chi connectivity index (χ1) is 6.48. The van der Waals surface area contributed by atoms with E-state index < -0.39 is 11.7 Å². The van der Waals surface area contributed by atoms with Crippen LogP contribution in [0, 0.1) is 11.8 Å². The van der Waals surface area contributed by atoms with Gasteiger partial charge in [-0.25, -0.2) is 0 Å². The Morgan fingerprint density at radius 2 is 1.93 bits per heavy atom. The lowest BCUT2D eigenvalue weighted by molar-refractivity contribution is 0.108. The third-order valence-corrected chi connectivity index (χ3v) is 2.07. The third-order valence-electron chi connectivity index (χ3n) is 2.07. The van der Waals surface area contributed by atoms with Crippen LogP contribution in [0.25, 0.3) is 0 Å². The quantitative estimate of drug-likeness (QED) is 0.524. The molecule has 0 rings (SSSR count). The molecule has 0 amide bonds. The summed E-state index contributed by atoms with van der Waals surface area (Å²) in [5.41, 5.74) is -0.940. The Hall–Kier alpha value is -0.520. The molecule has 14 heavy (non-hydrogen) atoms. The van der Waals surface area contributed by atoms with E-state index in [1.54, 1.807) is 13.8 Å². The van der Waals surface area contributed by atoms with Gasteiger partial charge in [-0.1, -0.05) is 38.0 Å². The molecule has 2 heteroatoms. The summed E-state index contributed by atoms with van der Waals surface area (Å²) in [5.74, 6) is 5.27. The van der Waals surface area contributed by atoms with E-state index in [9.17, 15) is 5.11 Å². The molecule has 2 unspecified atom stereocenters. The molecule has 0 spiro atoms. The Morgan fingerprint density at radius 1 is 1.29 bits per heavy atom. The summed E-state index contributed by atoms with van der Waals surface area (Å²) >= 11 is 0. The SMILES string of the molecule is CCCCCCC(C)(O)C#CC(C)O. The van der Waals surface area contributed by atoms with Gasteiger partial charge in [0.2, 0.25) is 0 Å². The molecule has 0 aromatic rings. The molecule has 0 aliphatic heterocycles. The Bertz CT molecular complexity index is 196. The van der Waals surface area contributed by atoms with E-state index >= 15 is 0 Å². The van der Waals surface area contributed by atoms with Gasteiger partial charge in [0.25, 0.3) is 0 Å². The molecular weight excluding hydrogens is 176 g/mol. The van der Waals surface area contributed by atoms with E-state index in [2.05, 4.69) is 18.8 Å². The first-order valence-corrected chi connectivity index (χ1v) is 5.41. The molecule has 0 bridgehead atoms. The zero-order valence-corrected chi connectivity index (χ0v) is 9.51. The number of unbranched alkanes of at least 4 members (excludes halogenated alkanes) is 3. The summed E-state index contributed by atoms with van der Waals surface area (Å²) in [4.78, 5) is 0. The molecule has 0 aliphatic carbocycles. The minimum atomic E-state index is -0.940. The van der Waals surface area contributed by atoms with Gasteiger partial charge in [-0.05, 0) is 26.7 Å². The van der Waals surface area contributed by atoms with Gasteiger partial charge < -0.3 is 10.2 Å². The molecule has 0 aromatic heterocycles. The van der Waals surface area contributed by atoms with E-state index in [1.165, 1.54) is 12.8 Å². The highest BCUT2D eigenvalue weighted by Crippen LogP contribution is 2.14. The van der Waals surface area contributed by atoms with E-state index in [0.29, 0.717) is 6.42 Å². The van der Waals surface area contributed by atoms with Gasteiger partial charge in [0, 0.05) is 0 Å². The van der Waals surface area contributed by atoms with Crippen LogP contribution in [0.2, 0.25) is 0 Å². The summed E-state index contributed by atoms with van der Waals surface area (Å²) in [5, 5.41) is 18.7. The molecule has 82 valence electrons. The highest BCUT2D eigenvalue weighted by Gasteiger charge is 2.15. The average molecular weight is 198 g/mol. The average Bonchev–Trinajstić information content (AvgIpc) is 2.10. The Labute approximate surface area is 87.3 Å². The van der Waals surface area contributed by atoms with E-state index in [-0.39, 0.29) is 0 Å². The second-order valence-corrected chi connectivity index (χ2v) is 4.03. The zero-order valence-electron chi connectivity index (χ0n) is 9.51. The lowest BCUT2D eigenvalue weighted by Gasteiger charge is -2.15. The molecule has 0 saturated heterocycles. The summed E-state index contributed by atoms with van der Waals surface area (Å²) in [6.45, 7) is 5.46. The van der Waals surface area contributed by atoms with Crippen LogP contribution in [-0.2, 0) is 0 Å². The van der Waals surface area contributed by atoms with Crippen LogP contribution in [0.5, 0.6) is 0 Å². The Balaban J connectivity index is 3.79. The predicted octanol–water partition coefficient (Wildman–Crippen LogP) is 2.09. The van der Waals surface area contributed by atoms with Crippen LogP contribution in [0.1, 0.15) is 52.9 Å².